The maximum atomic E-state index is 5.49. The molecular weight excluding hydrogens is 330 g/mol. The second kappa shape index (κ2) is 8.71. The van der Waals surface area contributed by atoms with E-state index in [9.17, 15) is 0 Å². The van der Waals surface area contributed by atoms with E-state index in [1.54, 1.807) is 14.2 Å². The van der Waals surface area contributed by atoms with Gasteiger partial charge >= 0.3 is 0 Å². The first-order chi connectivity index (χ1) is 12.7. The van der Waals surface area contributed by atoms with Crippen molar-refractivity contribution in [3.8, 4) is 5.75 Å². The number of methoxy groups -OCH3 is 2. The van der Waals surface area contributed by atoms with E-state index in [0.717, 1.165) is 49.1 Å². The molecule has 1 N–H and O–H groups in total. The van der Waals surface area contributed by atoms with Crippen LogP contribution in [0.5, 0.6) is 5.75 Å². The summed E-state index contributed by atoms with van der Waals surface area (Å²) >= 11 is 0. The molecule has 0 bridgehead atoms. The summed E-state index contributed by atoms with van der Waals surface area (Å²) in [5, 5.41) is 3.21. The monoisotopic (exact) mass is 357 g/mol. The molecule has 1 aromatic carbocycles. The van der Waals surface area contributed by atoms with Crippen molar-refractivity contribution in [1.82, 2.24) is 9.97 Å². The molecule has 0 atom stereocenters. The van der Waals surface area contributed by atoms with Gasteiger partial charge in [0.1, 0.15) is 11.6 Å². The lowest BCUT2D eigenvalue weighted by molar-refractivity contribution is 0.210. The standard InChI is InChI=1S/C19H27N5O2/c1-15-14-18(22-19(21-15)20-8-13-25-2)24-11-9-23(10-12-24)16-6-4-5-7-17(16)26-3/h4-7,14H,8-13H2,1-3H3,(H,20,21,22). The Bertz CT molecular complexity index is 717. The lowest BCUT2D eigenvalue weighted by Crippen LogP contribution is -2.47. The topological polar surface area (TPSA) is 62.8 Å². The van der Waals surface area contributed by atoms with Gasteiger partial charge in [-0.3, -0.25) is 0 Å². The zero-order valence-corrected chi connectivity index (χ0v) is 15.7. The van der Waals surface area contributed by atoms with Gasteiger partial charge in [0.25, 0.3) is 0 Å². The van der Waals surface area contributed by atoms with Gasteiger partial charge in [-0.05, 0) is 19.1 Å². The van der Waals surface area contributed by atoms with E-state index in [-0.39, 0.29) is 0 Å². The maximum absolute atomic E-state index is 5.49. The van der Waals surface area contributed by atoms with Gasteiger partial charge in [-0.1, -0.05) is 12.1 Å². The quantitative estimate of drug-likeness (QED) is 0.762. The zero-order valence-electron chi connectivity index (χ0n) is 15.7. The van der Waals surface area contributed by atoms with Crippen LogP contribution in [0.4, 0.5) is 17.5 Å². The van der Waals surface area contributed by atoms with E-state index in [0.29, 0.717) is 19.1 Å². The van der Waals surface area contributed by atoms with Gasteiger partial charge in [0.15, 0.2) is 0 Å². The predicted molar refractivity (Wildman–Crippen MR) is 105 cm³/mol. The van der Waals surface area contributed by atoms with Crippen molar-refractivity contribution in [1.29, 1.82) is 0 Å². The number of para-hydroxylation sites is 2. The van der Waals surface area contributed by atoms with Crippen LogP contribution in [0, 0.1) is 6.92 Å². The fourth-order valence-corrected chi connectivity index (χ4v) is 3.13. The number of anilines is 3. The number of aryl methyl sites for hydroxylation is 1. The lowest BCUT2D eigenvalue weighted by atomic mass is 10.2. The molecule has 0 unspecified atom stereocenters. The molecule has 1 aromatic heterocycles. The van der Waals surface area contributed by atoms with Gasteiger partial charge in [-0.15, -0.1) is 0 Å². The first-order valence-electron chi connectivity index (χ1n) is 8.92. The largest absolute Gasteiger partial charge is 0.495 e. The van der Waals surface area contributed by atoms with Crippen LogP contribution in [0.15, 0.2) is 30.3 Å². The molecule has 7 heteroatoms. The summed E-state index contributed by atoms with van der Waals surface area (Å²) in [6, 6.07) is 10.2. The van der Waals surface area contributed by atoms with Gasteiger partial charge in [0, 0.05) is 51.6 Å². The Kier molecular flexibility index (Phi) is 6.12. The highest BCUT2D eigenvalue weighted by Gasteiger charge is 2.21. The summed E-state index contributed by atoms with van der Waals surface area (Å²) in [5.41, 5.74) is 2.11. The highest BCUT2D eigenvalue weighted by Crippen LogP contribution is 2.29. The number of piperazine rings is 1. The number of aromatic nitrogens is 2. The Morgan fingerprint density at radius 2 is 1.77 bits per heavy atom. The smallest absolute Gasteiger partial charge is 0.224 e. The van der Waals surface area contributed by atoms with Crippen LogP contribution in [-0.4, -0.2) is 63.5 Å². The predicted octanol–water partition coefficient (Wildman–Crippen LogP) is 2.18. The van der Waals surface area contributed by atoms with Gasteiger partial charge in [0.2, 0.25) is 5.95 Å². The van der Waals surface area contributed by atoms with Crippen molar-refractivity contribution in [3.63, 3.8) is 0 Å². The average Bonchev–Trinajstić information content (AvgIpc) is 2.68. The van der Waals surface area contributed by atoms with Crippen molar-refractivity contribution < 1.29 is 9.47 Å². The fourth-order valence-electron chi connectivity index (χ4n) is 3.13. The van der Waals surface area contributed by atoms with Crippen LogP contribution in [-0.2, 0) is 4.74 Å². The number of nitrogens with zero attached hydrogens (tertiary/aromatic N) is 4. The fraction of sp³-hybridized carbons (Fsp3) is 0.474. The van der Waals surface area contributed by atoms with Crippen LogP contribution >= 0.6 is 0 Å². The number of ether oxygens (including phenoxy) is 2. The molecule has 2 aromatic rings. The minimum atomic E-state index is 0.629. The zero-order chi connectivity index (χ0) is 18.4. The molecule has 0 amide bonds. The second-order valence-electron chi connectivity index (χ2n) is 6.26. The summed E-state index contributed by atoms with van der Waals surface area (Å²) in [7, 11) is 3.41. The lowest BCUT2D eigenvalue weighted by Gasteiger charge is -2.37. The van der Waals surface area contributed by atoms with E-state index in [2.05, 4.69) is 37.2 Å². The molecule has 1 saturated heterocycles. The van der Waals surface area contributed by atoms with Gasteiger partial charge in [-0.25, -0.2) is 4.98 Å². The van der Waals surface area contributed by atoms with Crippen LogP contribution < -0.4 is 19.9 Å². The SMILES string of the molecule is COCCNc1nc(C)cc(N2CCN(c3ccccc3OC)CC2)n1. The first-order valence-corrected chi connectivity index (χ1v) is 8.92. The Hall–Kier alpha value is -2.54. The van der Waals surface area contributed by atoms with Crippen molar-refractivity contribution >= 4 is 17.5 Å². The molecule has 0 spiro atoms. The van der Waals surface area contributed by atoms with Crippen LogP contribution in [0.2, 0.25) is 0 Å². The van der Waals surface area contributed by atoms with Crippen LogP contribution in [0.3, 0.4) is 0 Å². The summed E-state index contributed by atoms with van der Waals surface area (Å²) in [6.07, 6.45) is 0. The highest BCUT2D eigenvalue weighted by molar-refractivity contribution is 5.59. The molecule has 1 aliphatic heterocycles. The average molecular weight is 357 g/mol. The van der Waals surface area contributed by atoms with Crippen molar-refractivity contribution in [3.05, 3.63) is 36.0 Å². The molecule has 1 fully saturated rings. The Morgan fingerprint density at radius 1 is 1.04 bits per heavy atom. The molecule has 2 heterocycles. The van der Waals surface area contributed by atoms with E-state index in [1.807, 2.05) is 25.1 Å². The molecule has 0 aliphatic carbocycles. The van der Waals surface area contributed by atoms with Crippen LogP contribution in [0.25, 0.3) is 0 Å². The van der Waals surface area contributed by atoms with E-state index < -0.39 is 0 Å². The van der Waals surface area contributed by atoms with E-state index in [1.165, 1.54) is 0 Å². The minimum Gasteiger partial charge on any atom is -0.495 e. The van der Waals surface area contributed by atoms with Gasteiger partial charge < -0.3 is 24.6 Å². The van der Waals surface area contributed by atoms with E-state index in [4.69, 9.17) is 9.47 Å². The van der Waals surface area contributed by atoms with Gasteiger partial charge in [-0.2, -0.15) is 4.98 Å². The molecule has 0 saturated carbocycles. The first kappa shape index (κ1) is 18.3. The molecule has 1 aliphatic rings. The Labute approximate surface area is 155 Å². The molecule has 7 nitrogen and oxygen atoms in total. The van der Waals surface area contributed by atoms with Gasteiger partial charge in [0.05, 0.1) is 19.4 Å². The molecule has 26 heavy (non-hydrogen) atoms. The summed E-state index contributed by atoms with van der Waals surface area (Å²) in [6.45, 7) is 6.99. The molecular formula is C19H27N5O2. The third-order valence-corrected chi connectivity index (χ3v) is 4.46. The summed E-state index contributed by atoms with van der Waals surface area (Å²) < 4.78 is 10.6. The van der Waals surface area contributed by atoms with Crippen molar-refractivity contribution in [2.24, 2.45) is 0 Å². The normalized spacial score (nSPS) is 14.4. The second-order valence-corrected chi connectivity index (χ2v) is 6.26. The Balaban J connectivity index is 1.66. The van der Waals surface area contributed by atoms with Crippen molar-refractivity contribution in [2.75, 3.05) is 68.7 Å². The highest BCUT2D eigenvalue weighted by atomic mass is 16.5. The Morgan fingerprint density at radius 3 is 2.50 bits per heavy atom. The summed E-state index contributed by atoms with van der Waals surface area (Å²) in [4.78, 5) is 13.8. The maximum Gasteiger partial charge on any atom is 0.224 e. The van der Waals surface area contributed by atoms with Crippen molar-refractivity contribution in [2.45, 2.75) is 6.92 Å². The third kappa shape index (κ3) is 4.35. The third-order valence-electron chi connectivity index (χ3n) is 4.46. The number of hydrogen-bond donors (Lipinski definition) is 1. The molecule has 140 valence electrons. The molecule has 0 radical (unpaired) electrons. The minimum absolute atomic E-state index is 0.629. The number of hydrogen-bond acceptors (Lipinski definition) is 7. The van der Waals surface area contributed by atoms with E-state index >= 15 is 0 Å². The number of nitrogens with one attached hydrogen (secondary N) is 1. The number of benzene rings is 1. The van der Waals surface area contributed by atoms with Crippen LogP contribution in [0.1, 0.15) is 5.69 Å². The summed E-state index contributed by atoms with van der Waals surface area (Å²) in [5.74, 6) is 2.55. The molecule has 3 rings (SSSR count). The number of rotatable bonds is 7.